The number of anilines is 1. The third-order valence-electron chi connectivity index (χ3n) is 5.43. The van der Waals surface area contributed by atoms with Gasteiger partial charge < -0.3 is 5.32 Å². The standard InChI is InChI=1S/C25H24N6/c1-17-4-2-6-23(29-17)25-28-13-10-21(31-25)16-20-9-12-27-24(30-20)15-18-7-8-22-19(14-18)5-3-11-26-22/h2,4,6-10,12-14,26H,3,5,11,15-16H2,1H3. The van der Waals surface area contributed by atoms with Crippen molar-refractivity contribution in [1.82, 2.24) is 24.9 Å². The van der Waals surface area contributed by atoms with E-state index in [1.54, 1.807) is 6.20 Å². The minimum atomic E-state index is 0.630. The number of aromatic nitrogens is 5. The second kappa shape index (κ2) is 8.60. The van der Waals surface area contributed by atoms with E-state index in [4.69, 9.17) is 9.97 Å². The van der Waals surface area contributed by atoms with Gasteiger partial charge in [-0.25, -0.2) is 24.9 Å². The quantitative estimate of drug-likeness (QED) is 0.534. The van der Waals surface area contributed by atoms with Gasteiger partial charge in [-0.15, -0.1) is 0 Å². The molecule has 0 radical (unpaired) electrons. The first-order valence-electron chi connectivity index (χ1n) is 10.7. The van der Waals surface area contributed by atoms with Crippen LogP contribution in [-0.4, -0.2) is 31.5 Å². The molecule has 6 heteroatoms. The van der Waals surface area contributed by atoms with Crippen molar-refractivity contribution >= 4 is 5.69 Å². The molecule has 1 aromatic carbocycles. The van der Waals surface area contributed by atoms with E-state index in [9.17, 15) is 0 Å². The van der Waals surface area contributed by atoms with E-state index in [0.717, 1.165) is 48.0 Å². The van der Waals surface area contributed by atoms with E-state index in [1.165, 1.54) is 23.2 Å². The average molecular weight is 409 g/mol. The third-order valence-corrected chi connectivity index (χ3v) is 5.43. The maximum Gasteiger partial charge on any atom is 0.178 e. The Kier molecular flexibility index (Phi) is 5.35. The predicted molar refractivity (Wildman–Crippen MR) is 121 cm³/mol. The molecule has 1 aliphatic rings. The van der Waals surface area contributed by atoms with Gasteiger partial charge in [0.15, 0.2) is 5.82 Å². The zero-order valence-electron chi connectivity index (χ0n) is 17.5. The van der Waals surface area contributed by atoms with Gasteiger partial charge in [-0.2, -0.15) is 0 Å². The molecule has 154 valence electrons. The molecule has 4 aromatic rings. The van der Waals surface area contributed by atoms with Crippen LogP contribution in [0.3, 0.4) is 0 Å². The molecule has 5 rings (SSSR count). The zero-order valence-corrected chi connectivity index (χ0v) is 17.5. The number of rotatable bonds is 5. The van der Waals surface area contributed by atoms with Gasteiger partial charge in [-0.1, -0.05) is 18.2 Å². The van der Waals surface area contributed by atoms with Crippen molar-refractivity contribution in [2.45, 2.75) is 32.6 Å². The summed E-state index contributed by atoms with van der Waals surface area (Å²) in [5, 5.41) is 3.46. The molecule has 1 aliphatic heterocycles. The lowest BCUT2D eigenvalue weighted by Crippen LogP contribution is -2.12. The van der Waals surface area contributed by atoms with Crippen LogP contribution in [0, 0.1) is 6.92 Å². The van der Waals surface area contributed by atoms with Crippen LogP contribution in [0.5, 0.6) is 0 Å². The summed E-state index contributed by atoms with van der Waals surface area (Å²) >= 11 is 0. The van der Waals surface area contributed by atoms with Gasteiger partial charge in [0.25, 0.3) is 0 Å². The van der Waals surface area contributed by atoms with Gasteiger partial charge in [0.2, 0.25) is 0 Å². The first kappa shape index (κ1) is 19.3. The van der Waals surface area contributed by atoms with E-state index < -0.39 is 0 Å². The highest BCUT2D eigenvalue weighted by molar-refractivity contribution is 5.54. The SMILES string of the molecule is Cc1cccc(-c2nccc(Cc3ccnc(Cc4ccc5c(c4)CCCN5)n3)n2)n1. The largest absolute Gasteiger partial charge is 0.385 e. The first-order valence-corrected chi connectivity index (χ1v) is 10.7. The molecule has 0 aliphatic carbocycles. The van der Waals surface area contributed by atoms with Crippen molar-refractivity contribution in [2.75, 3.05) is 11.9 Å². The number of hydrogen-bond donors (Lipinski definition) is 1. The van der Waals surface area contributed by atoms with Crippen LogP contribution in [-0.2, 0) is 19.3 Å². The molecule has 31 heavy (non-hydrogen) atoms. The molecule has 0 amide bonds. The number of aryl methyl sites for hydroxylation is 2. The molecule has 4 heterocycles. The number of hydrogen-bond acceptors (Lipinski definition) is 6. The summed E-state index contributed by atoms with van der Waals surface area (Å²) in [5.74, 6) is 1.47. The molecule has 0 unspecified atom stereocenters. The molecule has 6 nitrogen and oxygen atoms in total. The number of pyridine rings is 1. The lowest BCUT2D eigenvalue weighted by molar-refractivity contribution is 0.826. The third kappa shape index (κ3) is 4.58. The monoisotopic (exact) mass is 408 g/mol. The number of benzene rings is 1. The van der Waals surface area contributed by atoms with Crippen LogP contribution in [0.15, 0.2) is 60.9 Å². The van der Waals surface area contributed by atoms with E-state index in [-0.39, 0.29) is 0 Å². The van der Waals surface area contributed by atoms with Crippen LogP contribution >= 0.6 is 0 Å². The predicted octanol–water partition coefficient (Wildman–Crippen LogP) is 4.18. The van der Waals surface area contributed by atoms with Crippen molar-refractivity contribution in [3.8, 4) is 11.5 Å². The number of nitrogens with one attached hydrogen (secondary N) is 1. The maximum atomic E-state index is 4.79. The average Bonchev–Trinajstić information content (AvgIpc) is 2.79. The van der Waals surface area contributed by atoms with Gasteiger partial charge in [-0.05, 0) is 61.2 Å². The van der Waals surface area contributed by atoms with Gasteiger partial charge >= 0.3 is 0 Å². The van der Waals surface area contributed by atoms with Crippen LogP contribution < -0.4 is 5.32 Å². The first-order chi connectivity index (χ1) is 15.2. The normalized spacial score (nSPS) is 12.8. The Labute approximate surface area is 181 Å². The summed E-state index contributed by atoms with van der Waals surface area (Å²) in [6.07, 6.45) is 7.28. The highest BCUT2D eigenvalue weighted by atomic mass is 14.9. The van der Waals surface area contributed by atoms with Gasteiger partial charge in [0.05, 0.1) is 11.4 Å². The molecule has 0 spiro atoms. The van der Waals surface area contributed by atoms with Crippen molar-refractivity contribution in [3.05, 3.63) is 95.0 Å². The fourth-order valence-corrected chi connectivity index (χ4v) is 3.92. The summed E-state index contributed by atoms with van der Waals surface area (Å²) in [4.78, 5) is 22.9. The molecule has 0 atom stereocenters. The zero-order chi connectivity index (χ0) is 21.0. The van der Waals surface area contributed by atoms with Gasteiger partial charge in [0, 0.05) is 43.2 Å². The minimum absolute atomic E-state index is 0.630. The highest BCUT2D eigenvalue weighted by Crippen LogP contribution is 2.23. The summed E-state index contributed by atoms with van der Waals surface area (Å²) < 4.78 is 0. The molecular weight excluding hydrogens is 384 g/mol. The van der Waals surface area contributed by atoms with Crippen LogP contribution in [0.4, 0.5) is 5.69 Å². The van der Waals surface area contributed by atoms with E-state index in [1.807, 2.05) is 43.5 Å². The van der Waals surface area contributed by atoms with Crippen molar-refractivity contribution in [1.29, 1.82) is 0 Å². The fraction of sp³-hybridized carbons (Fsp3) is 0.240. The van der Waals surface area contributed by atoms with E-state index >= 15 is 0 Å². The molecule has 3 aromatic heterocycles. The van der Waals surface area contributed by atoms with Crippen LogP contribution in [0.2, 0.25) is 0 Å². The fourth-order valence-electron chi connectivity index (χ4n) is 3.92. The Balaban J connectivity index is 1.33. The van der Waals surface area contributed by atoms with Crippen molar-refractivity contribution < 1.29 is 0 Å². The molecule has 0 saturated heterocycles. The van der Waals surface area contributed by atoms with Gasteiger partial charge in [0.1, 0.15) is 11.5 Å². The summed E-state index contributed by atoms with van der Waals surface area (Å²) in [7, 11) is 0. The topological polar surface area (TPSA) is 76.5 Å². The van der Waals surface area contributed by atoms with E-state index in [0.29, 0.717) is 12.2 Å². The van der Waals surface area contributed by atoms with Crippen LogP contribution in [0.1, 0.15) is 40.5 Å². The number of nitrogens with zero attached hydrogens (tertiary/aromatic N) is 5. The van der Waals surface area contributed by atoms with Crippen molar-refractivity contribution in [3.63, 3.8) is 0 Å². The molecular formula is C25H24N6. The Bertz CT molecular complexity index is 1220. The number of fused-ring (bicyclic) bond motifs is 1. The Morgan fingerprint density at radius 1 is 0.871 bits per heavy atom. The van der Waals surface area contributed by atoms with Crippen molar-refractivity contribution in [2.24, 2.45) is 0 Å². The summed E-state index contributed by atoms with van der Waals surface area (Å²) in [6, 6.07) is 16.4. The van der Waals surface area contributed by atoms with Crippen LogP contribution in [0.25, 0.3) is 11.5 Å². The Morgan fingerprint density at radius 3 is 2.65 bits per heavy atom. The lowest BCUT2D eigenvalue weighted by atomic mass is 9.99. The smallest absolute Gasteiger partial charge is 0.178 e. The highest BCUT2D eigenvalue weighted by Gasteiger charge is 2.11. The molecule has 1 N–H and O–H groups in total. The molecule has 0 saturated carbocycles. The molecule has 0 fully saturated rings. The summed E-state index contributed by atoms with van der Waals surface area (Å²) in [6.45, 7) is 3.02. The summed E-state index contributed by atoms with van der Waals surface area (Å²) in [5.41, 5.74) is 7.49. The maximum absolute atomic E-state index is 4.79. The second-order valence-electron chi connectivity index (χ2n) is 7.88. The van der Waals surface area contributed by atoms with Gasteiger partial charge in [-0.3, -0.25) is 0 Å². The minimum Gasteiger partial charge on any atom is -0.385 e. The van der Waals surface area contributed by atoms with E-state index in [2.05, 4.69) is 38.5 Å². The lowest BCUT2D eigenvalue weighted by Gasteiger charge is -2.18. The molecule has 0 bridgehead atoms. The second-order valence-corrected chi connectivity index (χ2v) is 7.88. The Hall–Kier alpha value is -3.67. The Morgan fingerprint density at radius 2 is 1.74 bits per heavy atom.